The molecule has 0 radical (unpaired) electrons. The molecule has 28 heavy (non-hydrogen) atoms. The Labute approximate surface area is 169 Å². The van der Waals surface area contributed by atoms with Crippen LogP contribution in [0.4, 0.5) is 0 Å². The summed E-state index contributed by atoms with van der Waals surface area (Å²) in [4.78, 5) is 29.0. The number of esters is 1. The SMILES string of the molecule is Cc1nc(COc2ccccc2C(=O)OCC(=O)N[C@H]2CCCC[C@@H]2C)cs1. The van der Waals surface area contributed by atoms with Crippen molar-refractivity contribution in [1.82, 2.24) is 10.3 Å². The predicted octanol–water partition coefficient (Wildman–Crippen LogP) is 3.88. The minimum Gasteiger partial charge on any atom is -0.486 e. The van der Waals surface area contributed by atoms with E-state index in [9.17, 15) is 9.59 Å². The molecule has 6 nitrogen and oxygen atoms in total. The summed E-state index contributed by atoms with van der Waals surface area (Å²) in [7, 11) is 0. The smallest absolute Gasteiger partial charge is 0.342 e. The third kappa shape index (κ3) is 5.55. The highest BCUT2D eigenvalue weighted by Crippen LogP contribution is 2.24. The number of nitrogens with zero attached hydrogens (tertiary/aromatic N) is 1. The molecule has 0 spiro atoms. The van der Waals surface area contributed by atoms with Crippen LogP contribution in [0, 0.1) is 12.8 Å². The highest BCUT2D eigenvalue weighted by Gasteiger charge is 2.23. The summed E-state index contributed by atoms with van der Waals surface area (Å²) in [6.07, 6.45) is 4.43. The first-order chi connectivity index (χ1) is 13.5. The van der Waals surface area contributed by atoms with Gasteiger partial charge in [0.05, 0.1) is 10.7 Å². The lowest BCUT2D eigenvalue weighted by molar-refractivity contribution is -0.125. The Kier molecular flexibility index (Phi) is 7.03. The molecule has 0 unspecified atom stereocenters. The highest BCUT2D eigenvalue weighted by molar-refractivity contribution is 7.09. The third-order valence-electron chi connectivity index (χ3n) is 4.94. The number of carbonyl (C=O) groups excluding carboxylic acids is 2. The lowest BCUT2D eigenvalue weighted by Gasteiger charge is -2.29. The second-order valence-corrected chi connectivity index (χ2v) is 8.22. The van der Waals surface area contributed by atoms with Crippen LogP contribution < -0.4 is 10.1 Å². The minimum atomic E-state index is -0.572. The van der Waals surface area contributed by atoms with Gasteiger partial charge >= 0.3 is 5.97 Å². The van der Waals surface area contributed by atoms with E-state index in [2.05, 4.69) is 17.2 Å². The number of hydrogen-bond donors (Lipinski definition) is 1. The van der Waals surface area contributed by atoms with Gasteiger partial charge in [0.1, 0.15) is 17.9 Å². The number of aromatic nitrogens is 1. The average molecular weight is 403 g/mol. The summed E-state index contributed by atoms with van der Waals surface area (Å²) in [6, 6.07) is 7.03. The molecular formula is C21H26N2O4S. The van der Waals surface area contributed by atoms with E-state index in [0.717, 1.165) is 30.0 Å². The van der Waals surface area contributed by atoms with Gasteiger partial charge in [-0.25, -0.2) is 9.78 Å². The lowest BCUT2D eigenvalue weighted by Crippen LogP contribution is -2.42. The number of nitrogens with one attached hydrogen (secondary N) is 1. The molecule has 1 aromatic heterocycles. The summed E-state index contributed by atoms with van der Waals surface area (Å²) in [5, 5.41) is 5.87. The Morgan fingerprint density at radius 2 is 2.04 bits per heavy atom. The van der Waals surface area contributed by atoms with Crippen molar-refractivity contribution in [2.24, 2.45) is 5.92 Å². The quantitative estimate of drug-likeness (QED) is 0.711. The van der Waals surface area contributed by atoms with Crippen LogP contribution in [-0.2, 0) is 16.1 Å². The highest BCUT2D eigenvalue weighted by atomic mass is 32.1. The van der Waals surface area contributed by atoms with Gasteiger partial charge in [-0.1, -0.05) is 31.9 Å². The first-order valence-corrected chi connectivity index (χ1v) is 10.5. The molecule has 7 heteroatoms. The Morgan fingerprint density at radius 1 is 1.25 bits per heavy atom. The molecule has 1 heterocycles. The van der Waals surface area contributed by atoms with Gasteiger partial charge in [0.25, 0.3) is 5.91 Å². The summed E-state index contributed by atoms with van der Waals surface area (Å²) >= 11 is 1.55. The van der Waals surface area contributed by atoms with Crippen LogP contribution in [0.1, 0.15) is 53.7 Å². The molecule has 2 aromatic rings. The normalized spacial score (nSPS) is 19.1. The van der Waals surface area contributed by atoms with E-state index in [-0.39, 0.29) is 25.2 Å². The van der Waals surface area contributed by atoms with E-state index in [1.165, 1.54) is 6.42 Å². The second kappa shape index (κ2) is 9.68. The van der Waals surface area contributed by atoms with Crippen molar-refractivity contribution in [1.29, 1.82) is 0 Å². The topological polar surface area (TPSA) is 77.5 Å². The summed E-state index contributed by atoms with van der Waals surface area (Å²) in [5.74, 6) is 0.0386. The number of para-hydroxylation sites is 1. The number of benzene rings is 1. The van der Waals surface area contributed by atoms with Crippen LogP contribution in [0.25, 0.3) is 0 Å². The van der Waals surface area contributed by atoms with Crippen molar-refractivity contribution in [2.75, 3.05) is 6.61 Å². The van der Waals surface area contributed by atoms with Gasteiger partial charge in [-0.05, 0) is 37.8 Å². The number of thiazole rings is 1. The standard InChI is InChI=1S/C21H26N2O4S/c1-14-7-3-5-9-18(14)23-20(24)12-27-21(25)17-8-4-6-10-19(17)26-11-16-13-28-15(2)22-16/h4,6,8,10,13-14,18H,3,5,7,9,11-12H2,1-2H3,(H,23,24)/t14-,18-/m0/s1. The second-order valence-electron chi connectivity index (χ2n) is 7.15. The Bertz CT molecular complexity index is 820. The first-order valence-electron chi connectivity index (χ1n) is 9.62. The molecule has 1 aliphatic rings. The van der Waals surface area contributed by atoms with Crippen molar-refractivity contribution in [3.63, 3.8) is 0 Å². The van der Waals surface area contributed by atoms with Gasteiger partial charge in [0, 0.05) is 11.4 Å². The van der Waals surface area contributed by atoms with Gasteiger partial charge in [-0.2, -0.15) is 0 Å². The van der Waals surface area contributed by atoms with Gasteiger partial charge in [-0.3, -0.25) is 4.79 Å². The maximum Gasteiger partial charge on any atom is 0.342 e. The monoisotopic (exact) mass is 402 g/mol. The Morgan fingerprint density at radius 3 is 2.79 bits per heavy atom. The molecule has 1 N–H and O–H groups in total. The lowest BCUT2D eigenvalue weighted by atomic mass is 9.86. The first kappa shape index (κ1) is 20.3. The van der Waals surface area contributed by atoms with Gasteiger partial charge in [0.2, 0.25) is 0 Å². The molecule has 3 rings (SSSR count). The van der Waals surface area contributed by atoms with Gasteiger partial charge in [-0.15, -0.1) is 11.3 Å². The van der Waals surface area contributed by atoms with Crippen LogP contribution in [0.15, 0.2) is 29.6 Å². The fraction of sp³-hybridized carbons (Fsp3) is 0.476. The maximum absolute atomic E-state index is 12.4. The van der Waals surface area contributed by atoms with Crippen LogP contribution in [-0.4, -0.2) is 29.5 Å². The predicted molar refractivity (Wildman–Crippen MR) is 107 cm³/mol. The van der Waals surface area contributed by atoms with E-state index >= 15 is 0 Å². The molecule has 0 bridgehead atoms. The number of carbonyl (C=O) groups is 2. The zero-order valence-corrected chi connectivity index (χ0v) is 17.1. The van der Waals surface area contributed by atoms with Crippen LogP contribution >= 0.6 is 11.3 Å². The van der Waals surface area contributed by atoms with Crippen LogP contribution in [0.5, 0.6) is 5.75 Å². The fourth-order valence-corrected chi connectivity index (χ4v) is 3.97. The minimum absolute atomic E-state index is 0.164. The fourth-order valence-electron chi connectivity index (χ4n) is 3.38. The van der Waals surface area contributed by atoms with Crippen LogP contribution in [0.2, 0.25) is 0 Å². The molecule has 1 fully saturated rings. The molecule has 1 amide bonds. The zero-order chi connectivity index (χ0) is 19.9. The number of hydrogen-bond acceptors (Lipinski definition) is 6. The van der Waals surface area contributed by atoms with Gasteiger partial charge in [0.15, 0.2) is 6.61 Å². The van der Waals surface area contributed by atoms with Crippen molar-refractivity contribution in [3.05, 3.63) is 45.9 Å². The van der Waals surface area contributed by atoms with Crippen LogP contribution in [0.3, 0.4) is 0 Å². The zero-order valence-electron chi connectivity index (χ0n) is 16.3. The summed E-state index contributed by atoms with van der Waals surface area (Å²) < 4.78 is 11.0. The number of amides is 1. The van der Waals surface area contributed by atoms with Crippen molar-refractivity contribution < 1.29 is 19.1 Å². The van der Waals surface area contributed by atoms with E-state index in [1.54, 1.807) is 35.6 Å². The van der Waals surface area contributed by atoms with Crippen molar-refractivity contribution >= 4 is 23.2 Å². The van der Waals surface area contributed by atoms with E-state index in [0.29, 0.717) is 17.2 Å². The summed E-state index contributed by atoms with van der Waals surface area (Å²) in [6.45, 7) is 4.06. The number of ether oxygens (including phenoxy) is 2. The Hall–Kier alpha value is -2.41. The Balaban J connectivity index is 1.53. The summed E-state index contributed by atoms with van der Waals surface area (Å²) in [5.41, 5.74) is 1.11. The van der Waals surface area contributed by atoms with E-state index in [4.69, 9.17) is 9.47 Å². The maximum atomic E-state index is 12.4. The molecule has 150 valence electrons. The molecule has 0 aliphatic heterocycles. The number of aryl methyl sites for hydroxylation is 1. The van der Waals surface area contributed by atoms with E-state index < -0.39 is 5.97 Å². The van der Waals surface area contributed by atoms with Gasteiger partial charge < -0.3 is 14.8 Å². The van der Waals surface area contributed by atoms with Crippen molar-refractivity contribution in [2.45, 2.75) is 52.2 Å². The largest absolute Gasteiger partial charge is 0.486 e. The van der Waals surface area contributed by atoms with E-state index in [1.807, 2.05) is 12.3 Å². The number of rotatable bonds is 7. The molecule has 1 saturated carbocycles. The molecular weight excluding hydrogens is 376 g/mol. The van der Waals surface area contributed by atoms with Crippen molar-refractivity contribution in [3.8, 4) is 5.75 Å². The molecule has 2 atom stereocenters. The third-order valence-corrected chi connectivity index (χ3v) is 5.76. The molecule has 1 aromatic carbocycles. The average Bonchev–Trinajstić information content (AvgIpc) is 3.12. The molecule has 0 saturated heterocycles. The molecule has 1 aliphatic carbocycles.